The van der Waals surface area contributed by atoms with Gasteiger partial charge in [-0.2, -0.15) is 0 Å². The molecule has 1 fully saturated rings. The first-order chi connectivity index (χ1) is 9.97. The molecular weight excluding hydrogens is 311 g/mol. The minimum absolute atomic E-state index is 0.262. The van der Waals surface area contributed by atoms with Gasteiger partial charge in [-0.25, -0.2) is 0 Å². The molecule has 116 valence electrons. The van der Waals surface area contributed by atoms with Gasteiger partial charge in [0.15, 0.2) is 0 Å². The molecule has 0 spiro atoms. The summed E-state index contributed by atoms with van der Waals surface area (Å²) >= 11 is 12.1. The first-order valence-electron chi connectivity index (χ1n) is 7.14. The Bertz CT molecular complexity index is 493. The summed E-state index contributed by atoms with van der Waals surface area (Å²) in [5, 5.41) is 3.33. The molecule has 0 aliphatic heterocycles. The van der Waals surface area contributed by atoms with E-state index in [1.165, 1.54) is 25.7 Å². The van der Waals surface area contributed by atoms with Crippen LogP contribution in [0.4, 0.5) is 11.4 Å². The van der Waals surface area contributed by atoms with Crippen molar-refractivity contribution < 1.29 is 9.53 Å². The molecule has 1 aliphatic rings. The summed E-state index contributed by atoms with van der Waals surface area (Å²) in [6.07, 6.45) is 4.33. The molecule has 3 N–H and O–H groups in total. The van der Waals surface area contributed by atoms with E-state index in [9.17, 15) is 4.79 Å². The summed E-state index contributed by atoms with van der Waals surface area (Å²) in [5.41, 5.74) is 6.45. The van der Waals surface area contributed by atoms with Gasteiger partial charge in [0.2, 0.25) is 0 Å². The highest BCUT2D eigenvalue weighted by atomic mass is 35.5. The normalized spacial score (nSPS) is 16.9. The van der Waals surface area contributed by atoms with Crippen LogP contribution >= 0.6 is 23.2 Å². The number of amides is 1. The number of anilines is 2. The van der Waals surface area contributed by atoms with E-state index in [2.05, 4.69) is 5.32 Å². The molecule has 1 aromatic rings. The van der Waals surface area contributed by atoms with Crippen LogP contribution in [0, 0.1) is 5.92 Å². The number of benzene rings is 1. The Morgan fingerprint density at radius 1 is 1.38 bits per heavy atom. The van der Waals surface area contributed by atoms with Crippen molar-refractivity contribution in [3.05, 3.63) is 22.2 Å². The predicted octanol–water partition coefficient (Wildman–Crippen LogP) is 4.11. The molecular formula is C15H20Cl2N2O2. The SMILES string of the molecule is CC(OCC1CCCC1)C(=O)Nc1c(Cl)cc(N)cc1Cl. The van der Waals surface area contributed by atoms with Crippen LogP contribution < -0.4 is 11.1 Å². The van der Waals surface area contributed by atoms with Crippen molar-refractivity contribution in [3.8, 4) is 0 Å². The van der Waals surface area contributed by atoms with E-state index in [0.717, 1.165) is 0 Å². The maximum absolute atomic E-state index is 12.1. The molecule has 21 heavy (non-hydrogen) atoms. The lowest BCUT2D eigenvalue weighted by Crippen LogP contribution is -2.29. The molecule has 1 atom stereocenters. The van der Waals surface area contributed by atoms with E-state index in [4.69, 9.17) is 33.7 Å². The summed E-state index contributed by atoms with van der Waals surface area (Å²) in [6.45, 7) is 2.35. The van der Waals surface area contributed by atoms with Crippen LogP contribution in [0.2, 0.25) is 10.0 Å². The van der Waals surface area contributed by atoms with Crippen molar-refractivity contribution >= 4 is 40.5 Å². The van der Waals surface area contributed by atoms with Gasteiger partial charge in [0.05, 0.1) is 22.3 Å². The third-order valence-corrected chi connectivity index (χ3v) is 4.33. The van der Waals surface area contributed by atoms with E-state index in [1.54, 1.807) is 19.1 Å². The van der Waals surface area contributed by atoms with Crippen LogP contribution in [0.1, 0.15) is 32.6 Å². The molecule has 1 aliphatic carbocycles. The zero-order chi connectivity index (χ0) is 15.4. The summed E-state index contributed by atoms with van der Waals surface area (Å²) in [7, 11) is 0. The number of carbonyl (C=O) groups is 1. The summed E-state index contributed by atoms with van der Waals surface area (Å²) in [5.74, 6) is 0.311. The van der Waals surface area contributed by atoms with Crippen molar-refractivity contribution in [2.75, 3.05) is 17.7 Å². The standard InChI is InChI=1S/C15H20Cl2N2O2/c1-9(21-8-10-4-2-3-5-10)15(20)19-14-12(16)6-11(18)7-13(14)17/h6-7,9-10H,2-5,8,18H2,1H3,(H,19,20). The molecule has 6 heteroatoms. The lowest BCUT2D eigenvalue weighted by atomic mass is 10.1. The van der Waals surface area contributed by atoms with Gasteiger partial charge in [0, 0.05) is 5.69 Å². The highest BCUT2D eigenvalue weighted by molar-refractivity contribution is 6.40. The Morgan fingerprint density at radius 3 is 2.52 bits per heavy atom. The molecule has 1 amide bonds. The molecule has 1 saturated carbocycles. The number of carbonyl (C=O) groups excluding carboxylic acids is 1. The molecule has 0 heterocycles. The average molecular weight is 331 g/mol. The Labute approximate surface area is 134 Å². The smallest absolute Gasteiger partial charge is 0.253 e. The first kappa shape index (κ1) is 16.4. The lowest BCUT2D eigenvalue weighted by Gasteiger charge is -2.17. The maximum atomic E-state index is 12.1. The van der Waals surface area contributed by atoms with Gasteiger partial charge in [0.25, 0.3) is 5.91 Å². The van der Waals surface area contributed by atoms with Crippen LogP contribution in [0.15, 0.2) is 12.1 Å². The number of hydrogen-bond donors (Lipinski definition) is 2. The summed E-state index contributed by atoms with van der Waals surface area (Å²) in [6, 6.07) is 3.10. The summed E-state index contributed by atoms with van der Waals surface area (Å²) < 4.78 is 5.64. The van der Waals surface area contributed by atoms with E-state index in [0.29, 0.717) is 33.9 Å². The molecule has 4 nitrogen and oxygen atoms in total. The fraction of sp³-hybridized carbons (Fsp3) is 0.533. The van der Waals surface area contributed by atoms with Crippen LogP contribution in [-0.2, 0) is 9.53 Å². The van der Waals surface area contributed by atoms with E-state index >= 15 is 0 Å². The minimum atomic E-state index is -0.546. The Hall–Kier alpha value is -0.970. The average Bonchev–Trinajstić information content (AvgIpc) is 2.93. The molecule has 0 bridgehead atoms. The molecule has 0 saturated heterocycles. The third-order valence-electron chi connectivity index (χ3n) is 3.74. The zero-order valence-electron chi connectivity index (χ0n) is 12.0. The van der Waals surface area contributed by atoms with Crippen molar-refractivity contribution in [1.82, 2.24) is 0 Å². The van der Waals surface area contributed by atoms with E-state index < -0.39 is 6.10 Å². The number of ether oxygens (including phenoxy) is 1. The highest BCUT2D eigenvalue weighted by Crippen LogP contribution is 2.33. The molecule has 2 rings (SSSR count). The van der Waals surface area contributed by atoms with E-state index in [1.807, 2.05) is 0 Å². The van der Waals surface area contributed by atoms with Crippen molar-refractivity contribution in [2.24, 2.45) is 5.92 Å². The van der Waals surface area contributed by atoms with E-state index in [-0.39, 0.29) is 5.91 Å². The van der Waals surface area contributed by atoms with Gasteiger partial charge in [-0.1, -0.05) is 36.0 Å². The number of nitrogens with two attached hydrogens (primary N) is 1. The highest BCUT2D eigenvalue weighted by Gasteiger charge is 2.20. The monoisotopic (exact) mass is 330 g/mol. The van der Waals surface area contributed by atoms with Crippen LogP contribution in [-0.4, -0.2) is 18.6 Å². The predicted molar refractivity (Wildman–Crippen MR) is 86.9 cm³/mol. The second kappa shape index (κ2) is 7.34. The quantitative estimate of drug-likeness (QED) is 0.798. The molecule has 0 aromatic heterocycles. The zero-order valence-corrected chi connectivity index (χ0v) is 13.5. The van der Waals surface area contributed by atoms with Crippen molar-refractivity contribution in [1.29, 1.82) is 0 Å². The molecule has 1 aromatic carbocycles. The van der Waals surface area contributed by atoms with Gasteiger partial charge in [-0.15, -0.1) is 0 Å². The van der Waals surface area contributed by atoms with Gasteiger partial charge in [-0.05, 0) is 37.8 Å². The first-order valence-corrected chi connectivity index (χ1v) is 7.90. The number of nitrogen functional groups attached to an aromatic ring is 1. The van der Waals surface area contributed by atoms with Gasteiger partial charge in [0.1, 0.15) is 6.10 Å². The van der Waals surface area contributed by atoms with Crippen molar-refractivity contribution in [2.45, 2.75) is 38.7 Å². The number of hydrogen-bond acceptors (Lipinski definition) is 3. The largest absolute Gasteiger partial charge is 0.399 e. The Balaban J connectivity index is 1.91. The Morgan fingerprint density at radius 2 is 1.95 bits per heavy atom. The maximum Gasteiger partial charge on any atom is 0.253 e. The lowest BCUT2D eigenvalue weighted by molar-refractivity contribution is -0.127. The number of nitrogens with one attached hydrogen (secondary N) is 1. The van der Waals surface area contributed by atoms with Gasteiger partial charge >= 0.3 is 0 Å². The second-order valence-electron chi connectivity index (χ2n) is 5.47. The van der Waals surface area contributed by atoms with Crippen LogP contribution in [0.3, 0.4) is 0 Å². The minimum Gasteiger partial charge on any atom is -0.399 e. The fourth-order valence-electron chi connectivity index (χ4n) is 2.47. The molecule has 1 unspecified atom stereocenters. The topological polar surface area (TPSA) is 64.3 Å². The third kappa shape index (κ3) is 4.50. The number of rotatable bonds is 5. The van der Waals surface area contributed by atoms with Crippen LogP contribution in [0.5, 0.6) is 0 Å². The summed E-state index contributed by atoms with van der Waals surface area (Å²) in [4.78, 5) is 12.1. The van der Waals surface area contributed by atoms with Crippen LogP contribution in [0.25, 0.3) is 0 Å². The van der Waals surface area contributed by atoms with Crippen molar-refractivity contribution in [3.63, 3.8) is 0 Å². The van der Waals surface area contributed by atoms with Gasteiger partial charge in [-0.3, -0.25) is 4.79 Å². The second-order valence-corrected chi connectivity index (χ2v) is 6.29. The fourth-order valence-corrected chi connectivity index (χ4v) is 3.07. The molecule has 0 radical (unpaired) electrons. The number of halogens is 2. The van der Waals surface area contributed by atoms with Gasteiger partial charge < -0.3 is 15.8 Å². The Kier molecular flexibility index (Phi) is 5.73.